The highest BCUT2D eigenvalue weighted by Crippen LogP contribution is 2.40. The van der Waals surface area contributed by atoms with Crippen molar-refractivity contribution in [3.63, 3.8) is 0 Å². The lowest BCUT2D eigenvalue weighted by atomic mass is 9.85. The van der Waals surface area contributed by atoms with Gasteiger partial charge in [-0.15, -0.1) is 0 Å². The van der Waals surface area contributed by atoms with Crippen LogP contribution in [0, 0.1) is 0 Å². The molecule has 3 heterocycles. The number of para-hydroxylation sites is 1. The number of anilines is 2. The molecule has 2 amide bonds. The predicted molar refractivity (Wildman–Crippen MR) is 160 cm³/mol. The highest BCUT2D eigenvalue weighted by molar-refractivity contribution is 5.93. The molecular weight excluding hydrogens is 532 g/mol. The number of carbonyl (C=O) groups is 2. The normalized spacial score (nSPS) is 24.0. The number of aliphatic hydroxyl groups excluding tert-OH is 1. The summed E-state index contributed by atoms with van der Waals surface area (Å²) in [4.78, 5) is 29.4. The molecule has 3 saturated heterocycles. The SMILES string of the molecule is CC(=O)Nc1cccc([C@H]2O[C@@H](CN3CCC4(CC3)C(=O)NCN4c3ccccc3)C[C@@H](c3ccc(CO)cc3)O2)c1. The van der Waals surface area contributed by atoms with Gasteiger partial charge < -0.3 is 35.0 Å². The van der Waals surface area contributed by atoms with Gasteiger partial charge in [-0.05, 0) is 48.2 Å². The highest BCUT2D eigenvalue weighted by Gasteiger charge is 2.50. The Bertz CT molecular complexity index is 1390. The van der Waals surface area contributed by atoms with Crippen molar-refractivity contribution in [1.29, 1.82) is 0 Å². The maximum atomic E-state index is 13.1. The number of likely N-dealkylation sites (tertiary alicyclic amines) is 1. The molecule has 220 valence electrons. The molecule has 0 unspecified atom stereocenters. The van der Waals surface area contributed by atoms with Gasteiger partial charge in [0.2, 0.25) is 11.8 Å². The number of nitrogens with one attached hydrogen (secondary N) is 2. The van der Waals surface area contributed by atoms with Crippen LogP contribution in [0.1, 0.15) is 55.3 Å². The summed E-state index contributed by atoms with van der Waals surface area (Å²) >= 11 is 0. The lowest BCUT2D eigenvalue weighted by molar-refractivity contribution is -0.253. The van der Waals surface area contributed by atoms with E-state index < -0.39 is 11.8 Å². The Balaban J connectivity index is 1.18. The molecule has 0 bridgehead atoms. The number of rotatable bonds is 7. The fourth-order valence-corrected chi connectivity index (χ4v) is 6.43. The minimum absolute atomic E-state index is 0.00766. The molecule has 3 aromatic carbocycles. The molecule has 9 nitrogen and oxygen atoms in total. The van der Waals surface area contributed by atoms with Crippen LogP contribution in [0.3, 0.4) is 0 Å². The van der Waals surface area contributed by atoms with E-state index in [0.29, 0.717) is 18.8 Å². The van der Waals surface area contributed by atoms with Gasteiger partial charge >= 0.3 is 0 Å². The van der Waals surface area contributed by atoms with Crippen molar-refractivity contribution in [1.82, 2.24) is 10.2 Å². The van der Waals surface area contributed by atoms with Crippen LogP contribution in [0.25, 0.3) is 0 Å². The second kappa shape index (κ2) is 12.2. The number of amides is 2. The predicted octanol–water partition coefficient (Wildman–Crippen LogP) is 4.11. The Morgan fingerprint density at radius 3 is 2.48 bits per heavy atom. The third-order valence-corrected chi connectivity index (χ3v) is 8.64. The summed E-state index contributed by atoms with van der Waals surface area (Å²) in [7, 11) is 0. The maximum Gasteiger partial charge on any atom is 0.247 e. The van der Waals surface area contributed by atoms with Gasteiger partial charge in [0.25, 0.3) is 0 Å². The van der Waals surface area contributed by atoms with E-state index in [9.17, 15) is 14.7 Å². The summed E-state index contributed by atoms with van der Waals surface area (Å²) in [6, 6.07) is 25.6. The molecule has 0 aliphatic carbocycles. The molecule has 42 heavy (non-hydrogen) atoms. The molecule has 3 N–H and O–H groups in total. The summed E-state index contributed by atoms with van der Waals surface area (Å²) in [5, 5.41) is 15.4. The quantitative estimate of drug-likeness (QED) is 0.393. The van der Waals surface area contributed by atoms with E-state index in [2.05, 4.69) is 32.6 Å². The van der Waals surface area contributed by atoms with Gasteiger partial charge in [0, 0.05) is 49.9 Å². The average molecular weight is 571 g/mol. The fraction of sp³-hybridized carbons (Fsp3) is 0.394. The van der Waals surface area contributed by atoms with Gasteiger partial charge in [0.05, 0.1) is 25.5 Å². The summed E-state index contributed by atoms with van der Waals surface area (Å²) < 4.78 is 13.0. The second-order valence-corrected chi connectivity index (χ2v) is 11.4. The van der Waals surface area contributed by atoms with E-state index in [-0.39, 0.29) is 30.6 Å². The topological polar surface area (TPSA) is 103 Å². The van der Waals surface area contributed by atoms with Crippen LogP contribution in [0.15, 0.2) is 78.9 Å². The van der Waals surface area contributed by atoms with E-state index in [4.69, 9.17) is 9.47 Å². The monoisotopic (exact) mass is 570 g/mol. The first kappa shape index (κ1) is 28.4. The average Bonchev–Trinajstić information content (AvgIpc) is 3.33. The van der Waals surface area contributed by atoms with Crippen LogP contribution in [-0.2, 0) is 25.7 Å². The number of hydrogen-bond donors (Lipinski definition) is 3. The molecule has 0 radical (unpaired) electrons. The van der Waals surface area contributed by atoms with Crippen molar-refractivity contribution in [3.8, 4) is 0 Å². The number of ether oxygens (including phenoxy) is 2. The zero-order valence-electron chi connectivity index (χ0n) is 23.9. The van der Waals surface area contributed by atoms with Crippen molar-refractivity contribution in [2.75, 3.05) is 36.5 Å². The first-order valence-electron chi connectivity index (χ1n) is 14.6. The van der Waals surface area contributed by atoms with Crippen molar-refractivity contribution in [2.45, 2.75) is 56.8 Å². The summed E-state index contributed by atoms with van der Waals surface area (Å²) in [6.07, 6.45) is 1.25. The van der Waals surface area contributed by atoms with Gasteiger partial charge in [0.1, 0.15) is 5.54 Å². The van der Waals surface area contributed by atoms with Gasteiger partial charge in [-0.3, -0.25) is 9.59 Å². The van der Waals surface area contributed by atoms with Crippen molar-refractivity contribution in [2.24, 2.45) is 0 Å². The minimum Gasteiger partial charge on any atom is -0.392 e. The zero-order chi connectivity index (χ0) is 29.1. The number of hydrogen-bond acceptors (Lipinski definition) is 7. The van der Waals surface area contributed by atoms with Crippen molar-refractivity contribution in [3.05, 3.63) is 95.6 Å². The molecule has 3 aromatic rings. The number of piperidine rings is 1. The van der Waals surface area contributed by atoms with Crippen LogP contribution >= 0.6 is 0 Å². The van der Waals surface area contributed by atoms with Crippen LogP contribution < -0.4 is 15.5 Å². The molecule has 3 aliphatic rings. The zero-order valence-corrected chi connectivity index (χ0v) is 23.9. The smallest absolute Gasteiger partial charge is 0.247 e. The molecule has 3 aliphatic heterocycles. The summed E-state index contributed by atoms with van der Waals surface area (Å²) in [6.45, 7) is 4.30. The Morgan fingerprint density at radius 2 is 1.76 bits per heavy atom. The number of nitrogens with zero attached hydrogens (tertiary/aromatic N) is 2. The number of carbonyl (C=O) groups excluding carboxylic acids is 2. The minimum atomic E-state index is -0.606. The van der Waals surface area contributed by atoms with E-state index >= 15 is 0 Å². The Hall–Kier alpha value is -3.76. The Kier molecular flexibility index (Phi) is 8.26. The van der Waals surface area contributed by atoms with Crippen LogP contribution in [0.4, 0.5) is 11.4 Å². The summed E-state index contributed by atoms with van der Waals surface area (Å²) in [5.41, 5.74) is 3.94. The van der Waals surface area contributed by atoms with Gasteiger partial charge in [-0.1, -0.05) is 54.6 Å². The maximum absolute atomic E-state index is 13.1. The third-order valence-electron chi connectivity index (χ3n) is 8.64. The van der Waals surface area contributed by atoms with E-state index in [0.717, 1.165) is 54.9 Å². The Morgan fingerprint density at radius 1 is 1.00 bits per heavy atom. The Labute approximate surface area is 246 Å². The van der Waals surface area contributed by atoms with Crippen molar-refractivity contribution >= 4 is 23.2 Å². The molecule has 1 spiro atoms. The first-order chi connectivity index (χ1) is 20.4. The molecule has 3 fully saturated rings. The van der Waals surface area contributed by atoms with E-state index in [1.807, 2.05) is 66.7 Å². The lowest BCUT2D eigenvalue weighted by Gasteiger charge is -2.45. The first-order valence-corrected chi connectivity index (χ1v) is 14.6. The number of benzene rings is 3. The molecular formula is C33H38N4O5. The van der Waals surface area contributed by atoms with Gasteiger partial charge in [0.15, 0.2) is 6.29 Å². The van der Waals surface area contributed by atoms with Crippen LogP contribution in [-0.4, -0.2) is 59.8 Å². The standard InChI is InChI=1S/C33H38N4O5/c1-23(39)35-27-7-5-6-26(18-27)31-41-29(19-30(42-31)25-12-10-24(21-38)11-13-25)20-36-16-14-33(15-17-36)32(40)34-22-37(33)28-8-3-2-4-9-28/h2-13,18,29-31,38H,14-17,19-22H2,1H3,(H,34,40)(H,35,39)/t29-,30+,31+/m1/s1. The van der Waals surface area contributed by atoms with Gasteiger partial charge in [-0.25, -0.2) is 0 Å². The highest BCUT2D eigenvalue weighted by atomic mass is 16.7. The molecule has 3 atom stereocenters. The lowest BCUT2D eigenvalue weighted by Crippen LogP contribution is -2.57. The second-order valence-electron chi connectivity index (χ2n) is 11.4. The number of aliphatic hydroxyl groups is 1. The summed E-state index contributed by atoms with van der Waals surface area (Å²) in [5.74, 6) is -0.0270. The molecule has 9 heteroatoms. The molecule has 6 rings (SSSR count). The fourth-order valence-electron chi connectivity index (χ4n) is 6.43. The third kappa shape index (κ3) is 5.91. The van der Waals surface area contributed by atoms with Crippen LogP contribution in [0.5, 0.6) is 0 Å². The largest absolute Gasteiger partial charge is 0.392 e. The van der Waals surface area contributed by atoms with Crippen LogP contribution in [0.2, 0.25) is 0 Å². The molecule has 0 aromatic heterocycles. The van der Waals surface area contributed by atoms with Crippen molar-refractivity contribution < 1.29 is 24.2 Å². The van der Waals surface area contributed by atoms with Gasteiger partial charge in [-0.2, -0.15) is 0 Å². The molecule has 0 saturated carbocycles. The van der Waals surface area contributed by atoms with E-state index in [1.54, 1.807) is 0 Å². The van der Waals surface area contributed by atoms with E-state index in [1.165, 1.54) is 6.92 Å².